The molecule has 0 spiro atoms. The predicted molar refractivity (Wildman–Crippen MR) is 58.0 cm³/mol. The molecular weight excluding hydrogens is 236 g/mol. The largest absolute Gasteiger partial charge is 0.461 e. The van der Waals surface area contributed by atoms with E-state index >= 15 is 0 Å². The normalized spacial score (nSPS) is 16.1. The molecule has 0 saturated carbocycles. The van der Waals surface area contributed by atoms with E-state index < -0.39 is 0 Å². The van der Waals surface area contributed by atoms with Crippen molar-refractivity contribution in [2.24, 2.45) is 0 Å². The van der Waals surface area contributed by atoms with Gasteiger partial charge in [-0.05, 0) is 18.7 Å². The number of esters is 1. The molecule has 82 valence electrons. The Morgan fingerprint density at radius 1 is 1.73 bits per heavy atom. The predicted octanol–water partition coefficient (Wildman–Crippen LogP) is 1.83. The lowest BCUT2D eigenvalue weighted by atomic mass is 10.2. The third-order valence-corrected chi connectivity index (χ3v) is 3.49. The monoisotopic (exact) mass is 246 g/mol. The van der Waals surface area contributed by atoms with Crippen LogP contribution in [-0.2, 0) is 17.7 Å². The first kappa shape index (κ1) is 10.9. The number of rotatable bonds is 2. The molecule has 4 nitrogen and oxygen atoms in total. The Labute approximate surface area is 96.9 Å². The summed E-state index contributed by atoms with van der Waals surface area (Å²) in [6.07, 6.45) is 0.800. The molecule has 0 bridgehead atoms. The molecule has 0 radical (unpaired) electrons. The molecule has 6 heteroatoms. The summed E-state index contributed by atoms with van der Waals surface area (Å²) in [7, 11) is 0. The van der Waals surface area contributed by atoms with Gasteiger partial charge in [0, 0.05) is 17.8 Å². The molecule has 0 atom stereocenters. The van der Waals surface area contributed by atoms with Gasteiger partial charge in [-0.2, -0.15) is 0 Å². The van der Waals surface area contributed by atoms with Crippen LogP contribution in [0.4, 0.5) is 0 Å². The van der Waals surface area contributed by atoms with Crippen LogP contribution in [-0.4, -0.2) is 28.5 Å². The average molecular weight is 247 g/mol. The van der Waals surface area contributed by atoms with E-state index in [0.717, 1.165) is 23.5 Å². The fraction of sp³-hybridized carbons (Fsp3) is 0.556. The fourth-order valence-corrected chi connectivity index (χ4v) is 2.74. The van der Waals surface area contributed by atoms with Gasteiger partial charge in [0.15, 0.2) is 0 Å². The second-order valence-corrected chi connectivity index (χ2v) is 4.77. The van der Waals surface area contributed by atoms with Gasteiger partial charge in [-0.15, -0.1) is 11.3 Å². The summed E-state index contributed by atoms with van der Waals surface area (Å²) in [6, 6.07) is 0. The zero-order chi connectivity index (χ0) is 10.8. The Morgan fingerprint density at radius 2 is 2.53 bits per heavy atom. The van der Waals surface area contributed by atoms with E-state index in [4.69, 9.17) is 16.5 Å². The van der Waals surface area contributed by atoms with Gasteiger partial charge in [0.05, 0.1) is 18.8 Å². The Kier molecular flexibility index (Phi) is 3.23. The van der Waals surface area contributed by atoms with Gasteiger partial charge in [-0.3, -0.25) is 0 Å². The smallest absolute Gasteiger partial charge is 0.367 e. The van der Waals surface area contributed by atoms with Crippen molar-refractivity contribution >= 4 is 29.1 Å². The minimum Gasteiger partial charge on any atom is -0.461 e. The fourth-order valence-electron chi connectivity index (χ4n) is 1.44. The van der Waals surface area contributed by atoms with Crippen LogP contribution in [0, 0.1) is 0 Å². The average Bonchev–Trinajstić information content (AvgIpc) is 2.60. The van der Waals surface area contributed by atoms with Crippen molar-refractivity contribution in [1.29, 1.82) is 0 Å². The first-order valence-electron chi connectivity index (χ1n) is 4.77. The van der Waals surface area contributed by atoms with Gasteiger partial charge in [0.1, 0.15) is 0 Å². The maximum atomic E-state index is 11.4. The van der Waals surface area contributed by atoms with Crippen LogP contribution in [0.25, 0.3) is 0 Å². The van der Waals surface area contributed by atoms with Crippen molar-refractivity contribution < 1.29 is 9.53 Å². The Balaban J connectivity index is 2.19. The Bertz CT molecular complexity index is 380. The van der Waals surface area contributed by atoms with Crippen LogP contribution in [0.5, 0.6) is 0 Å². The Hall–Kier alpha value is -0.650. The maximum absolute atomic E-state index is 11.4. The second-order valence-electron chi connectivity index (χ2n) is 3.20. The van der Waals surface area contributed by atoms with E-state index in [9.17, 15) is 4.79 Å². The van der Waals surface area contributed by atoms with E-state index in [1.807, 2.05) is 0 Å². The molecule has 1 aliphatic heterocycles. The van der Waals surface area contributed by atoms with E-state index in [1.54, 1.807) is 11.3 Å². The van der Waals surface area contributed by atoms with Gasteiger partial charge in [-0.1, -0.05) is 0 Å². The SMILES string of the molecule is CCOC(=O)c1nc2c(s1)CN(Cl)CC2. The number of hydrogen-bond donors (Lipinski definition) is 0. The molecule has 15 heavy (non-hydrogen) atoms. The third kappa shape index (κ3) is 2.30. The van der Waals surface area contributed by atoms with E-state index in [-0.39, 0.29) is 5.97 Å². The molecule has 1 aromatic heterocycles. The topological polar surface area (TPSA) is 42.4 Å². The van der Waals surface area contributed by atoms with Gasteiger partial charge >= 0.3 is 5.97 Å². The van der Waals surface area contributed by atoms with Crippen molar-refractivity contribution in [1.82, 2.24) is 9.40 Å². The van der Waals surface area contributed by atoms with E-state index in [1.165, 1.54) is 11.3 Å². The summed E-state index contributed by atoms with van der Waals surface area (Å²) in [5.74, 6) is -0.335. The summed E-state index contributed by atoms with van der Waals surface area (Å²) in [4.78, 5) is 16.8. The van der Waals surface area contributed by atoms with Crippen LogP contribution in [0.15, 0.2) is 0 Å². The van der Waals surface area contributed by atoms with Crippen LogP contribution >= 0.6 is 23.1 Å². The van der Waals surface area contributed by atoms with Crippen LogP contribution in [0.1, 0.15) is 27.3 Å². The molecule has 0 amide bonds. The molecule has 0 aromatic carbocycles. The number of hydrogen-bond acceptors (Lipinski definition) is 5. The number of ether oxygens (including phenoxy) is 1. The van der Waals surface area contributed by atoms with Crippen molar-refractivity contribution in [3.05, 3.63) is 15.6 Å². The molecule has 0 N–H and O–H groups in total. The van der Waals surface area contributed by atoms with Gasteiger partial charge < -0.3 is 4.74 Å². The second kappa shape index (κ2) is 4.47. The number of fused-ring (bicyclic) bond motifs is 1. The molecule has 2 heterocycles. The highest BCUT2D eigenvalue weighted by Gasteiger charge is 2.22. The first-order valence-corrected chi connectivity index (χ1v) is 5.92. The molecule has 2 rings (SSSR count). The minimum atomic E-state index is -0.335. The lowest BCUT2D eigenvalue weighted by Crippen LogP contribution is -2.20. The number of thiazole rings is 1. The van der Waals surface area contributed by atoms with Crippen molar-refractivity contribution in [3.63, 3.8) is 0 Å². The highest BCUT2D eigenvalue weighted by molar-refractivity contribution is 7.13. The molecule has 0 aliphatic carbocycles. The van der Waals surface area contributed by atoms with E-state index in [2.05, 4.69) is 4.98 Å². The summed E-state index contributed by atoms with van der Waals surface area (Å²) in [6.45, 7) is 3.60. The summed E-state index contributed by atoms with van der Waals surface area (Å²) in [5, 5.41) is 0.439. The molecule has 0 fully saturated rings. The maximum Gasteiger partial charge on any atom is 0.367 e. The quantitative estimate of drug-likeness (QED) is 0.590. The molecule has 1 aromatic rings. The zero-order valence-electron chi connectivity index (χ0n) is 8.33. The molecule has 1 aliphatic rings. The van der Waals surface area contributed by atoms with Crippen molar-refractivity contribution in [2.45, 2.75) is 19.9 Å². The molecule has 0 unspecified atom stereocenters. The van der Waals surface area contributed by atoms with Crippen LogP contribution in [0.3, 0.4) is 0 Å². The third-order valence-electron chi connectivity index (χ3n) is 2.13. The molecular formula is C9H11ClN2O2S. The highest BCUT2D eigenvalue weighted by Crippen LogP contribution is 2.26. The lowest BCUT2D eigenvalue weighted by Gasteiger charge is -2.17. The van der Waals surface area contributed by atoms with Gasteiger partial charge in [0.25, 0.3) is 0 Å². The van der Waals surface area contributed by atoms with Gasteiger partial charge in [-0.25, -0.2) is 14.2 Å². The van der Waals surface area contributed by atoms with Gasteiger partial charge in [0.2, 0.25) is 5.01 Å². The summed E-state index contributed by atoms with van der Waals surface area (Å²) < 4.78 is 6.60. The van der Waals surface area contributed by atoms with Crippen molar-refractivity contribution in [2.75, 3.05) is 13.2 Å². The number of carbonyl (C=O) groups excluding carboxylic acids is 1. The lowest BCUT2D eigenvalue weighted by molar-refractivity contribution is 0.0525. The summed E-state index contributed by atoms with van der Waals surface area (Å²) in [5.41, 5.74) is 0.986. The van der Waals surface area contributed by atoms with E-state index in [0.29, 0.717) is 18.2 Å². The zero-order valence-corrected chi connectivity index (χ0v) is 9.90. The molecule has 0 saturated heterocycles. The Morgan fingerprint density at radius 3 is 3.27 bits per heavy atom. The number of carbonyl (C=O) groups is 1. The van der Waals surface area contributed by atoms with Crippen LogP contribution < -0.4 is 0 Å². The standard InChI is InChI=1S/C9H11ClN2O2S/c1-2-14-9(13)8-11-6-3-4-12(10)5-7(6)15-8/h2-5H2,1H3. The minimum absolute atomic E-state index is 0.335. The van der Waals surface area contributed by atoms with Crippen LogP contribution in [0.2, 0.25) is 0 Å². The number of nitrogens with zero attached hydrogens (tertiary/aromatic N) is 2. The number of halogens is 1. The first-order chi connectivity index (χ1) is 7.20. The van der Waals surface area contributed by atoms with Crippen molar-refractivity contribution in [3.8, 4) is 0 Å². The number of aromatic nitrogens is 1. The highest BCUT2D eigenvalue weighted by atomic mass is 35.5. The summed E-state index contributed by atoms with van der Waals surface area (Å²) >= 11 is 7.27.